The van der Waals surface area contributed by atoms with Crippen molar-refractivity contribution in [2.45, 2.75) is 20.3 Å². The molecule has 3 heteroatoms. The van der Waals surface area contributed by atoms with Crippen LogP contribution in [0.5, 0.6) is 5.75 Å². The number of rotatable bonds is 4. The van der Waals surface area contributed by atoms with Gasteiger partial charge in [-0.15, -0.1) is 0 Å². The summed E-state index contributed by atoms with van der Waals surface area (Å²) in [5.41, 5.74) is 6.31. The molecule has 0 radical (unpaired) electrons. The fraction of sp³-hybridized carbons (Fsp3) is 0.136. The lowest BCUT2D eigenvalue weighted by atomic mass is 10.0. The summed E-state index contributed by atoms with van der Waals surface area (Å²) in [7, 11) is 0. The summed E-state index contributed by atoms with van der Waals surface area (Å²) in [5, 5.41) is 10.3. The molecule has 0 spiro atoms. The average Bonchev–Trinajstić information content (AvgIpc) is 2.59. The minimum atomic E-state index is 0.213. The molecule has 0 heterocycles. The Bertz CT molecular complexity index is 917. The molecule has 3 aromatic carbocycles. The Morgan fingerprint density at radius 2 is 1.72 bits per heavy atom. The minimum Gasteiger partial charge on any atom is -0.506 e. The van der Waals surface area contributed by atoms with Crippen LogP contribution >= 0.6 is 15.9 Å². The standard InChI is InChI=1S/C22H20BrNO/c1-15-8-9-21(16(2)10-15)24-14-19-12-18(13-20(23)22(19)25)11-17-6-4-3-5-7-17/h3-10,12-14,25H,11H2,1-2H3. The maximum Gasteiger partial charge on any atom is 0.138 e. The number of phenolic OH excluding ortho intramolecular Hbond substituents is 1. The smallest absolute Gasteiger partial charge is 0.138 e. The van der Waals surface area contributed by atoms with Crippen molar-refractivity contribution < 1.29 is 5.11 Å². The van der Waals surface area contributed by atoms with E-state index in [4.69, 9.17) is 0 Å². The van der Waals surface area contributed by atoms with E-state index in [1.54, 1.807) is 6.21 Å². The van der Waals surface area contributed by atoms with Crippen LogP contribution in [0.25, 0.3) is 0 Å². The van der Waals surface area contributed by atoms with Gasteiger partial charge in [0.2, 0.25) is 0 Å². The molecule has 0 saturated heterocycles. The predicted octanol–water partition coefficient (Wildman–Crippen LogP) is 6.11. The van der Waals surface area contributed by atoms with Crippen LogP contribution in [0.1, 0.15) is 27.8 Å². The van der Waals surface area contributed by atoms with Gasteiger partial charge in [0, 0.05) is 11.8 Å². The molecule has 1 N–H and O–H groups in total. The first-order valence-corrected chi connectivity index (χ1v) is 8.99. The number of benzene rings is 3. The highest BCUT2D eigenvalue weighted by molar-refractivity contribution is 9.10. The summed E-state index contributed by atoms with van der Waals surface area (Å²) >= 11 is 3.45. The molecule has 0 unspecified atom stereocenters. The van der Waals surface area contributed by atoms with Crippen LogP contribution in [0.15, 0.2) is 70.1 Å². The zero-order valence-electron chi connectivity index (χ0n) is 14.3. The van der Waals surface area contributed by atoms with Crippen molar-refractivity contribution in [3.05, 3.63) is 93.0 Å². The number of nitrogens with zero attached hydrogens (tertiary/aromatic N) is 1. The van der Waals surface area contributed by atoms with Crippen molar-refractivity contribution in [2.75, 3.05) is 0 Å². The predicted molar refractivity (Wildman–Crippen MR) is 108 cm³/mol. The summed E-state index contributed by atoms with van der Waals surface area (Å²) in [6.07, 6.45) is 2.54. The van der Waals surface area contributed by atoms with Crippen LogP contribution in [-0.2, 0) is 6.42 Å². The summed E-state index contributed by atoms with van der Waals surface area (Å²) in [4.78, 5) is 4.56. The highest BCUT2D eigenvalue weighted by Crippen LogP contribution is 2.30. The number of aryl methyl sites for hydroxylation is 2. The van der Waals surface area contributed by atoms with E-state index in [0.29, 0.717) is 10.0 Å². The minimum absolute atomic E-state index is 0.213. The fourth-order valence-corrected chi connectivity index (χ4v) is 3.32. The Labute approximate surface area is 157 Å². The molecule has 0 saturated carbocycles. The molecule has 0 fully saturated rings. The second-order valence-corrected chi connectivity index (χ2v) is 7.08. The van der Waals surface area contributed by atoms with Crippen LogP contribution in [0.3, 0.4) is 0 Å². The largest absolute Gasteiger partial charge is 0.506 e. The lowest BCUT2D eigenvalue weighted by molar-refractivity contribution is 0.471. The van der Waals surface area contributed by atoms with E-state index in [0.717, 1.165) is 23.2 Å². The van der Waals surface area contributed by atoms with Gasteiger partial charge in [0.05, 0.1) is 10.2 Å². The first-order valence-electron chi connectivity index (χ1n) is 8.19. The number of hydrogen-bond donors (Lipinski definition) is 1. The Kier molecular flexibility index (Phi) is 5.34. The first kappa shape index (κ1) is 17.4. The number of aliphatic imine (C=N–C) groups is 1. The summed E-state index contributed by atoms with van der Waals surface area (Å²) in [5.74, 6) is 0.213. The van der Waals surface area contributed by atoms with Crippen LogP contribution in [0.4, 0.5) is 5.69 Å². The lowest BCUT2D eigenvalue weighted by Gasteiger charge is -2.08. The summed E-state index contributed by atoms with van der Waals surface area (Å²) in [6.45, 7) is 4.11. The summed E-state index contributed by atoms with van der Waals surface area (Å²) < 4.78 is 0.683. The molecule has 25 heavy (non-hydrogen) atoms. The Morgan fingerprint density at radius 3 is 2.44 bits per heavy atom. The van der Waals surface area contributed by atoms with E-state index in [1.165, 1.54) is 11.1 Å². The van der Waals surface area contributed by atoms with Crippen LogP contribution in [0.2, 0.25) is 0 Å². The molecule has 0 aromatic heterocycles. The van der Waals surface area contributed by atoms with Crippen molar-refractivity contribution in [1.82, 2.24) is 0 Å². The highest BCUT2D eigenvalue weighted by atomic mass is 79.9. The Hall–Kier alpha value is -2.39. The van der Waals surface area contributed by atoms with E-state index in [2.05, 4.69) is 46.0 Å². The monoisotopic (exact) mass is 393 g/mol. The molecule has 126 valence electrons. The van der Waals surface area contributed by atoms with Gasteiger partial charge in [-0.05, 0) is 71.1 Å². The lowest BCUT2D eigenvalue weighted by Crippen LogP contribution is -1.92. The van der Waals surface area contributed by atoms with Crippen molar-refractivity contribution in [1.29, 1.82) is 0 Å². The van der Waals surface area contributed by atoms with Crippen LogP contribution in [-0.4, -0.2) is 11.3 Å². The zero-order chi connectivity index (χ0) is 17.8. The van der Waals surface area contributed by atoms with Crippen molar-refractivity contribution in [3.63, 3.8) is 0 Å². The quantitative estimate of drug-likeness (QED) is 0.532. The molecule has 3 aromatic rings. The molecule has 0 bridgehead atoms. The fourth-order valence-electron chi connectivity index (χ4n) is 2.80. The SMILES string of the molecule is Cc1ccc(N=Cc2cc(Cc3ccccc3)cc(Br)c2O)c(C)c1. The molecule has 0 aliphatic carbocycles. The molecular weight excluding hydrogens is 374 g/mol. The number of aromatic hydroxyl groups is 1. The van der Waals surface area contributed by atoms with Gasteiger partial charge < -0.3 is 5.11 Å². The first-order chi connectivity index (χ1) is 12.0. The Balaban J connectivity index is 1.91. The molecule has 0 aliphatic heterocycles. The molecule has 3 rings (SSSR count). The second-order valence-electron chi connectivity index (χ2n) is 6.23. The van der Waals surface area contributed by atoms with Gasteiger partial charge in [0.15, 0.2) is 0 Å². The van der Waals surface area contributed by atoms with Gasteiger partial charge in [-0.3, -0.25) is 4.99 Å². The number of halogens is 1. The highest BCUT2D eigenvalue weighted by Gasteiger charge is 2.08. The van der Waals surface area contributed by atoms with Gasteiger partial charge >= 0.3 is 0 Å². The van der Waals surface area contributed by atoms with E-state index < -0.39 is 0 Å². The Morgan fingerprint density at radius 1 is 0.960 bits per heavy atom. The van der Waals surface area contributed by atoms with Crippen molar-refractivity contribution in [2.24, 2.45) is 4.99 Å². The molecule has 2 nitrogen and oxygen atoms in total. The van der Waals surface area contributed by atoms with E-state index in [9.17, 15) is 5.11 Å². The van der Waals surface area contributed by atoms with Crippen LogP contribution < -0.4 is 0 Å². The molecule has 0 amide bonds. The average molecular weight is 394 g/mol. The maximum absolute atomic E-state index is 10.3. The number of hydrogen-bond acceptors (Lipinski definition) is 2. The molecule has 0 atom stereocenters. The van der Waals surface area contributed by atoms with Gasteiger partial charge in [-0.25, -0.2) is 0 Å². The number of phenols is 1. The van der Waals surface area contributed by atoms with Gasteiger partial charge in [-0.2, -0.15) is 0 Å². The maximum atomic E-state index is 10.3. The third kappa shape index (κ3) is 4.37. The third-order valence-corrected chi connectivity index (χ3v) is 4.70. The van der Waals surface area contributed by atoms with E-state index >= 15 is 0 Å². The van der Waals surface area contributed by atoms with Gasteiger partial charge in [0.25, 0.3) is 0 Å². The zero-order valence-corrected chi connectivity index (χ0v) is 15.9. The second kappa shape index (κ2) is 7.66. The summed E-state index contributed by atoms with van der Waals surface area (Å²) in [6, 6.07) is 20.4. The molecular formula is C22H20BrNO. The van der Waals surface area contributed by atoms with Crippen molar-refractivity contribution in [3.8, 4) is 5.75 Å². The van der Waals surface area contributed by atoms with Crippen molar-refractivity contribution >= 4 is 27.8 Å². The van der Waals surface area contributed by atoms with Gasteiger partial charge in [-0.1, -0.05) is 48.0 Å². The molecule has 0 aliphatic rings. The normalized spacial score (nSPS) is 11.2. The van der Waals surface area contributed by atoms with E-state index in [-0.39, 0.29) is 5.75 Å². The van der Waals surface area contributed by atoms with Gasteiger partial charge in [0.1, 0.15) is 5.75 Å². The topological polar surface area (TPSA) is 32.6 Å². The van der Waals surface area contributed by atoms with E-state index in [1.807, 2.05) is 49.4 Å². The van der Waals surface area contributed by atoms with Crippen LogP contribution in [0, 0.1) is 13.8 Å². The third-order valence-electron chi connectivity index (χ3n) is 4.10.